The quantitative estimate of drug-likeness (QED) is 0.884. The Kier molecular flexibility index (Phi) is 5.12. The first-order valence-corrected chi connectivity index (χ1v) is 8.66. The molecule has 120 valence electrons. The smallest absolute Gasteiger partial charge is 0.232 e. The normalized spacial score (nSPS) is 21.1. The first kappa shape index (κ1) is 15.8. The number of carbonyl (C=O) groups excluding carboxylic acids is 1. The van der Waals surface area contributed by atoms with Gasteiger partial charge in [0.25, 0.3) is 0 Å². The second-order valence-corrected chi connectivity index (χ2v) is 6.63. The summed E-state index contributed by atoms with van der Waals surface area (Å²) in [5, 5.41) is 3.33. The number of nitrogens with one attached hydrogen (secondary N) is 1. The maximum Gasteiger partial charge on any atom is 0.232 e. The van der Waals surface area contributed by atoms with Crippen LogP contribution < -0.4 is 5.32 Å². The lowest BCUT2D eigenvalue weighted by molar-refractivity contribution is -0.123. The number of hydrogen-bond donors (Lipinski definition) is 1. The van der Waals surface area contributed by atoms with E-state index in [1.54, 1.807) is 0 Å². The maximum absolute atomic E-state index is 13.0. The Bertz CT molecular complexity index is 583. The Morgan fingerprint density at radius 3 is 1.96 bits per heavy atom. The molecule has 1 saturated carbocycles. The van der Waals surface area contributed by atoms with Gasteiger partial charge in [-0.15, -0.1) is 0 Å². The van der Waals surface area contributed by atoms with Crippen LogP contribution in [0, 0.1) is 5.92 Å². The molecule has 0 radical (unpaired) electrons. The molecule has 2 aromatic carbocycles. The third kappa shape index (κ3) is 3.82. The Morgan fingerprint density at radius 2 is 1.43 bits per heavy atom. The molecule has 0 aromatic heterocycles. The third-order valence-corrected chi connectivity index (χ3v) is 4.97. The van der Waals surface area contributed by atoms with Crippen LogP contribution in [0.1, 0.15) is 49.7 Å². The van der Waals surface area contributed by atoms with Crippen molar-refractivity contribution in [2.24, 2.45) is 5.92 Å². The summed E-state index contributed by atoms with van der Waals surface area (Å²) >= 11 is 0. The molecule has 1 fully saturated rings. The highest BCUT2D eigenvalue weighted by Gasteiger charge is 2.28. The van der Waals surface area contributed by atoms with Crippen molar-refractivity contribution in [2.45, 2.75) is 44.6 Å². The van der Waals surface area contributed by atoms with Gasteiger partial charge in [-0.3, -0.25) is 4.79 Å². The van der Waals surface area contributed by atoms with Crippen molar-refractivity contribution in [3.63, 3.8) is 0 Å². The molecule has 1 N–H and O–H groups in total. The molecule has 2 atom stereocenters. The molecule has 0 saturated heterocycles. The van der Waals surface area contributed by atoms with Crippen LogP contribution in [0.15, 0.2) is 60.7 Å². The lowest BCUT2D eigenvalue weighted by Crippen LogP contribution is -2.43. The zero-order chi connectivity index (χ0) is 16.1. The van der Waals surface area contributed by atoms with Gasteiger partial charge in [0.15, 0.2) is 0 Å². The lowest BCUT2D eigenvalue weighted by Gasteiger charge is -2.31. The molecule has 2 heteroatoms. The topological polar surface area (TPSA) is 29.1 Å². The standard InChI is InChI=1S/C21H25NO/c1-16-10-8-9-15-19(16)22-21(23)20(17-11-4-2-5-12-17)18-13-6-3-7-14-18/h2-7,11-14,16,19-20H,8-10,15H2,1H3,(H,22,23)/t16-,19+/m0/s1. The van der Waals surface area contributed by atoms with E-state index in [4.69, 9.17) is 0 Å². The van der Waals surface area contributed by atoms with Crippen LogP contribution in [0.25, 0.3) is 0 Å². The van der Waals surface area contributed by atoms with E-state index < -0.39 is 0 Å². The van der Waals surface area contributed by atoms with Gasteiger partial charge in [0.05, 0.1) is 5.92 Å². The SMILES string of the molecule is C[C@H]1CCCC[C@H]1NC(=O)C(c1ccccc1)c1ccccc1. The zero-order valence-electron chi connectivity index (χ0n) is 13.7. The van der Waals surface area contributed by atoms with E-state index in [0.29, 0.717) is 12.0 Å². The van der Waals surface area contributed by atoms with Gasteiger partial charge >= 0.3 is 0 Å². The van der Waals surface area contributed by atoms with Crippen molar-refractivity contribution in [1.82, 2.24) is 5.32 Å². The predicted molar refractivity (Wildman–Crippen MR) is 94.3 cm³/mol. The molecular formula is C21H25NO. The van der Waals surface area contributed by atoms with Gasteiger partial charge in [-0.05, 0) is 29.9 Å². The summed E-state index contributed by atoms with van der Waals surface area (Å²) in [5.41, 5.74) is 2.11. The molecule has 0 bridgehead atoms. The Labute approximate surface area is 138 Å². The fourth-order valence-corrected chi connectivity index (χ4v) is 3.58. The fourth-order valence-electron chi connectivity index (χ4n) is 3.58. The number of hydrogen-bond acceptors (Lipinski definition) is 1. The van der Waals surface area contributed by atoms with Gasteiger partial charge in [0.1, 0.15) is 0 Å². The summed E-state index contributed by atoms with van der Waals surface area (Å²) in [4.78, 5) is 13.0. The van der Waals surface area contributed by atoms with Gasteiger partial charge in [-0.2, -0.15) is 0 Å². The van der Waals surface area contributed by atoms with Gasteiger partial charge in [0, 0.05) is 6.04 Å². The van der Waals surface area contributed by atoms with Gasteiger partial charge in [-0.1, -0.05) is 80.4 Å². The number of amides is 1. The molecule has 0 unspecified atom stereocenters. The molecule has 2 nitrogen and oxygen atoms in total. The third-order valence-electron chi connectivity index (χ3n) is 4.97. The van der Waals surface area contributed by atoms with Crippen LogP contribution in [-0.4, -0.2) is 11.9 Å². The fraction of sp³-hybridized carbons (Fsp3) is 0.381. The van der Waals surface area contributed by atoms with Crippen molar-refractivity contribution >= 4 is 5.91 Å². The van der Waals surface area contributed by atoms with Crippen LogP contribution in [0.3, 0.4) is 0 Å². The second kappa shape index (κ2) is 7.45. The first-order valence-electron chi connectivity index (χ1n) is 8.66. The van der Waals surface area contributed by atoms with Crippen molar-refractivity contribution in [3.8, 4) is 0 Å². The van der Waals surface area contributed by atoms with E-state index in [1.807, 2.05) is 60.7 Å². The molecule has 2 aromatic rings. The largest absolute Gasteiger partial charge is 0.352 e. The van der Waals surface area contributed by atoms with Gasteiger partial charge in [-0.25, -0.2) is 0 Å². The van der Waals surface area contributed by atoms with Crippen molar-refractivity contribution in [2.75, 3.05) is 0 Å². The molecule has 1 amide bonds. The molecular weight excluding hydrogens is 282 g/mol. The van der Waals surface area contributed by atoms with Gasteiger partial charge in [0.2, 0.25) is 5.91 Å². The van der Waals surface area contributed by atoms with Crippen LogP contribution in [0.4, 0.5) is 0 Å². The highest BCUT2D eigenvalue weighted by Crippen LogP contribution is 2.28. The summed E-state index contributed by atoms with van der Waals surface area (Å²) in [7, 11) is 0. The highest BCUT2D eigenvalue weighted by molar-refractivity contribution is 5.87. The summed E-state index contributed by atoms with van der Waals surface area (Å²) < 4.78 is 0. The van der Waals surface area contributed by atoms with E-state index in [9.17, 15) is 4.79 Å². The Hall–Kier alpha value is -2.09. The summed E-state index contributed by atoms with van der Waals surface area (Å²) in [6.45, 7) is 2.25. The van der Waals surface area contributed by atoms with Gasteiger partial charge < -0.3 is 5.32 Å². The first-order chi connectivity index (χ1) is 11.3. The maximum atomic E-state index is 13.0. The van der Waals surface area contributed by atoms with Crippen molar-refractivity contribution < 1.29 is 4.79 Å². The Balaban J connectivity index is 1.85. The van der Waals surface area contributed by atoms with E-state index in [-0.39, 0.29) is 11.8 Å². The van der Waals surface area contributed by atoms with Crippen molar-refractivity contribution in [3.05, 3.63) is 71.8 Å². The molecule has 0 spiro atoms. The molecule has 1 aliphatic carbocycles. The minimum Gasteiger partial charge on any atom is -0.352 e. The molecule has 0 heterocycles. The van der Waals surface area contributed by atoms with E-state index in [0.717, 1.165) is 17.5 Å². The molecule has 3 rings (SSSR count). The van der Waals surface area contributed by atoms with Crippen LogP contribution in [-0.2, 0) is 4.79 Å². The predicted octanol–water partition coefficient (Wildman–Crippen LogP) is 4.51. The van der Waals surface area contributed by atoms with Crippen molar-refractivity contribution in [1.29, 1.82) is 0 Å². The van der Waals surface area contributed by atoms with E-state index in [2.05, 4.69) is 12.2 Å². The highest BCUT2D eigenvalue weighted by atomic mass is 16.1. The van der Waals surface area contributed by atoms with Crippen LogP contribution in [0.5, 0.6) is 0 Å². The summed E-state index contributed by atoms with van der Waals surface area (Å²) in [5.74, 6) is 0.465. The number of rotatable bonds is 4. The Morgan fingerprint density at radius 1 is 0.913 bits per heavy atom. The van der Waals surface area contributed by atoms with E-state index in [1.165, 1.54) is 19.3 Å². The van der Waals surface area contributed by atoms with Crippen LogP contribution in [0.2, 0.25) is 0 Å². The zero-order valence-corrected chi connectivity index (χ0v) is 13.7. The number of carbonyl (C=O) groups is 1. The second-order valence-electron chi connectivity index (χ2n) is 6.63. The minimum atomic E-state index is -0.230. The average Bonchev–Trinajstić information content (AvgIpc) is 2.59. The number of benzene rings is 2. The summed E-state index contributed by atoms with van der Waals surface area (Å²) in [6, 6.07) is 20.5. The van der Waals surface area contributed by atoms with E-state index >= 15 is 0 Å². The summed E-state index contributed by atoms with van der Waals surface area (Å²) in [6.07, 6.45) is 4.82. The molecule has 0 aliphatic heterocycles. The average molecular weight is 307 g/mol. The monoisotopic (exact) mass is 307 g/mol. The lowest BCUT2D eigenvalue weighted by atomic mass is 9.84. The molecule has 23 heavy (non-hydrogen) atoms. The molecule has 1 aliphatic rings. The van der Waals surface area contributed by atoms with Crippen LogP contribution >= 0.6 is 0 Å². The minimum absolute atomic E-state index is 0.126.